The van der Waals surface area contributed by atoms with Gasteiger partial charge in [-0.1, -0.05) is 20.8 Å². The number of carbonyl (C=O) groups excluding carboxylic acids is 2. The number of piperazine rings is 1. The maximum absolute atomic E-state index is 12.2. The summed E-state index contributed by atoms with van der Waals surface area (Å²) in [6.45, 7) is 6.81. The lowest BCUT2D eigenvalue weighted by Crippen LogP contribution is -2.62. The normalized spacial score (nSPS) is 21.6. The number of rotatable bonds is 4. The number of hydrogen-bond acceptors (Lipinski definition) is 3. The molecule has 1 fully saturated rings. The van der Waals surface area contributed by atoms with E-state index in [0.717, 1.165) is 12.2 Å². The van der Waals surface area contributed by atoms with Gasteiger partial charge in [-0.05, 0) is 23.8 Å². The van der Waals surface area contributed by atoms with E-state index in [1.54, 1.807) is 16.7 Å². The second kappa shape index (κ2) is 5.76. The van der Waals surface area contributed by atoms with Crippen LogP contribution in [-0.4, -0.2) is 47.9 Å². The van der Waals surface area contributed by atoms with E-state index in [-0.39, 0.29) is 23.8 Å². The van der Waals surface area contributed by atoms with Crippen molar-refractivity contribution in [1.82, 2.24) is 10.2 Å². The van der Waals surface area contributed by atoms with Crippen molar-refractivity contribution in [2.45, 2.75) is 33.2 Å². The minimum absolute atomic E-state index is 0.0475. The summed E-state index contributed by atoms with van der Waals surface area (Å²) in [6, 6.07) is -0.391. The van der Waals surface area contributed by atoms with Crippen molar-refractivity contribution in [2.75, 3.05) is 25.1 Å². The molecular weight excluding hydrogens is 236 g/mol. The molecule has 1 saturated heterocycles. The maximum Gasteiger partial charge on any atom is 0.246 e. The minimum Gasteiger partial charge on any atom is -0.342 e. The average Bonchev–Trinajstić information content (AvgIpc) is 2.21. The number of carbonyl (C=O) groups is 2. The summed E-state index contributed by atoms with van der Waals surface area (Å²) in [6.07, 6.45) is 2.99. The number of nitrogens with one attached hydrogen (secondary N) is 1. The molecule has 4 nitrogen and oxygen atoms in total. The molecule has 0 radical (unpaired) electrons. The highest BCUT2D eigenvalue weighted by molar-refractivity contribution is 7.98. The Bertz CT molecular complexity index is 299. The molecule has 1 aliphatic rings. The first-order valence-corrected chi connectivity index (χ1v) is 7.32. The summed E-state index contributed by atoms with van der Waals surface area (Å²) < 4.78 is 0. The van der Waals surface area contributed by atoms with Crippen LogP contribution in [0.5, 0.6) is 0 Å². The Morgan fingerprint density at radius 1 is 1.41 bits per heavy atom. The van der Waals surface area contributed by atoms with Crippen molar-refractivity contribution < 1.29 is 9.59 Å². The molecule has 0 spiro atoms. The third-order valence-corrected chi connectivity index (χ3v) is 3.54. The van der Waals surface area contributed by atoms with Gasteiger partial charge in [0.2, 0.25) is 11.8 Å². The summed E-state index contributed by atoms with van der Waals surface area (Å²) in [5.74, 6) is 1.03. The molecule has 0 aromatic rings. The summed E-state index contributed by atoms with van der Waals surface area (Å²) in [5, 5.41) is 2.79. The van der Waals surface area contributed by atoms with E-state index in [2.05, 4.69) is 5.32 Å². The van der Waals surface area contributed by atoms with Gasteiger partial charge in [0, 0.05) is 6.54 Å². The number of hydrogen-bond donors (Lipinski definition) is 1. The molecule has 1 aliphatic heterocycles. The van der Waals surface area contributed by atoms with Crippen LogP contribution in [0.4, 0.5) is 0 Å². The van der Waals surface area contributed by atoms with E-state index in [9.17, 15) is 9.59 Å². The lowest BCUT2D eigenvalue weighted by atomic mass is 9.85. The molecule has 2 amide bonds. The van der Waals surface area contributed by atoms with Crippen LogP contribution in [0.15, 0.2) is 0 Å². The molecule has 0 saturated carbocycles. The van der Waals surface area contributed by atoms with Gasteiger partial charge in [-0.15, -0.1) is 0 Å². The van der Waals surface area contributed by atoms with Crippen molar-refractivity contribution in [1.29, 1.82) is 0 Å². The second-order valence-corrected chi connectivity index (χ2v) is 6.46. The van der Waals surface area contributed by atoms with Gasteiger partial charge in [-0.3, -0.25) is 9.59 Å². The van der Waals surface area contributed by atoms with Crippen LogP contribution in [0.3, 0.4) is 0 Å². The third-order valence-electron chi connectivity index (χ3n) is 2.84. The summed E-state index contributed by atoms with van der Waals surface area (Å²) in [5.41, 5.74) is -0.231. The van der Waals surface area contributed by atoms with Crippen molar-refractivity contribution in [3.63, 3.8) is 0 Å². The van der Waals surface area contributed by atoms with Gasteiger partial charge < -0.3 is 10.2 Å². The first kappa shape index (κ1) is 14.4. The average molecular weight is 258 g/mol. The Kier molecular flexibility index (Phi) is 4.86. The largest absolute Gasteiger partial charge is 0.342 e. The second-order valence-electron chi connectivity index (χ2n) is 5.47. The Balaban J connectivity index is 2.66. The van der Waals surface area contributed by atoms with Crippen LogP contribution in [0.25, 0.3) is 0 Å². The Hall–Kier alpha value is -0.710. The number of amides is 2. The van der Waals surface area contributed by atoms with Gasteiger partial charge in [0.15, 0.2) is 0 Å². The summed E-state index contributed by atoms with van der Waals surface area (Å²) >= 11 is 1.76. The smallest absolute Gasteiger partial charge is 0.246 e. The standard InChI is InChI=1S/C12H22N2O2S/c1-12(2,3)10-11(16)14(6-5-7-17-4)8-9(15)13-10/h10H,5-8H2,1-4H3,(H,13,15). The first-order chi connectivity index (χ1) is 7.86. The quantitative estimate of drug-likeness (QED) is 0.769. The highest BCUT2D eigenvalue weighted by Crippen LogP contribution is 2.23. The van der Waals surface area contributed by atoms with Crippen molar-refractivity contribution in [2.24, 2.45) is 5.41 Å². The zero-order valence-electron chi connectivity index (χ0n) is 11.1. The van der Waals surface area contributed by atoms with Gasteiger partial charge in [0.05, 0.1) is 6.54 Å². The molecule has 1 atom stereocenters. The van der Waals surface area contributed by atoms with E-state index in [0.29, 0.717) is 6.54 Å². The molecule has 17 heavy (non-hydrogen) atoms. The van der Waals surface area contributed by atoms with Crippen molar-refractivity contribution in [3.05, 3.63) is 0 Å². The molecule has 1 N–H and O–H groups in total. The fraction of sp³-hybridized carbons (Fsp3) is 0.833. The van der Waals surface area contributed by atoms with Gasteiger partial charge in [-0.2, -0.15) is 11.8 Å². The molecule has 1 rings (SSSR count). The highest BCUT2D eigenvalue weighted by atomic mass is 32.2. The van der Waals surface area contributed by atoms with Crippen LogP contribution in [0.1, 0.15) is 27.2 Å². The molecule has 98 valence electrons. The van der Waals surface area contributed by atoms with E-state index in [1.807, 2.05) is 27.0 Å². The zero-order chi connectivity index (χ0) is 13.1. The Morgan fingerprint density at radius 2 is 2.06 bits per heavy atom. The van der Waals surface area contributed by atoms with Crippen LogP contribution in [0, 0.1) is 5.41 Å². The lowest BCUT2D eigenvalue weighted by Gasteiger charge is -2.38. The van der Waals surface area contributed by atoms with Crippen LogP contribution >= 0.6 is 11.8 Å². The molecule has 1 heterocycles. The van der Waals surface area contributed by atoms with Crippen LogP contribution in [0.2, 0.25) is 0 Å². The fourth-order valence-corrected chi connectivity index (χ4v) is 2.30. The highest BCUT2D eigenvalue weighted by Gasteiger charge is 2.39. The predicted molar refractivity (Wildman–Crippen MR) is 71.0 cm³/mol. The maximum atomic E-state index is 12.2. The van der Waals surface area contributed by atoms with Crippen LogP contribution < -0.4 is 5.32 Å². The van der Waals surface area contributed by atoms with Crippen molar-refractivity contribution in [3.8, 4) is 0 Å². The third kappa shape index (κ3) is 3.91. The van der Waals surface area contributed by atoms with Gasteiger partial charge in [0.1, 0.15) is 6.04 Å². The van der Waals surface area contributed by atoms with Crippen molar-refractivity contribution >= 4 is 23.6 Å². The SMILES string of the molecule is CSCCCN1CC(=O)NC(C(C)(C)C)C1=O. The molecule has 5 heteroatoms. The topological polar surface area (TPSA) is 49.4 Å². The summed E-state index contributed by atoms with van der Waals surface area (Å²) in [4.78, 5) is 25.5. The van der Waals surface area contributed by atoms with E-state index < -0.39 is 6.04 Å². The van der Waals surface area contributed by atoms with Gasteiger partial charge in [-0.25, -0.2) is 0 Å². The fourth-order valence-electron chi connectivity index (χ4n) is 1.88. The Labute approximate surface area is 108 Å². The van der Waals surface area contributed by atoms with Crippen LogP contribution in [-0.2, 0) is 9.59 Å². The number of nitrogens with zero attached hydrogens (tertiary/aromatic N) is 1. The first-order valence-electron chi connectivity index (χ1n) is 5.93. The van der Waals surface area contributed by atoms with E-state index in [1.165, 1.54) is 0 Å². The monoisotopic (exact) mass is 258 g/mol. The van der Waals surface area contributed by atoms with E-state index in [4.69, 9.17) is 0 Å². The molecular formula is C12H22N2O2S. The number of thioether (sulfide) groups is 1. The molecule has 0 aromatic carbocycles. The molecule has 1 unspecified atom stereocenters. The molecule has 0 bridgehead atoms. The lowest BCUT2D eigenvalue weighted by molar-refractivity contribution is -0.147. The minimum atomic E-state index is -0.391. The van der Waals surface area contributed by atoms with Gasteiger partial charge >= 0.3 is 0 Å². The summed E-state index contributed by atoms with van der Waals surface area (Å²) in [7, 11) is 0. The zero-order valence-corrected chi connectivity index (χ0v) is 11.9. The molecule has 0 aromatic heterocycles. The van der Waals surface area contributed by atoms with Gasteiger partial charge in [0.25, 0.3) is 0 Å². The van der Waals surface area contributed by atoms with E-state index >= 15 is 0 Å². The molecule has 0 aliphatic carbocycles. The predicted octanol–water partition coefficient (Wildman–Crippen LogP) is 1.11. The Morgan fingerprint density at radius 3 is 2.59 bits per heavy atom.